The summed E-state index contributed by atoms with van der Waals surface area (Å²) >= 11 is 0. The molecule has 1 aromatic carbocycles. The van der Waals surface area contributed by atoms with Crippen LogP contribution in [-0.2, 0) is 9.59 Å². The summed E-state index contributed by atoms with van der Waals surface area (Å²) in [5, 5.41) is 2.90. The largest absolute Gasteiger partial charge is 0.326 e. The van der Waals surface area contributed by atoms with Crippen molar-refractivity contribution in [3.05, 3.63) is 24.3 Å². The van der Waals surface area contributed by atoms with Crippen LogP contribution in [0.15, 0.2) is 24.3 Å². The molecule has 2 aliphatic rings. The molecular formula is C15H18N2O2. The van der Waals surface area contributed by atoms with Crippen LogP contribution in [-0.4, -0.2) is 18.4 Å². The molecule has 0 spiro atoms. The Morgan fingerprint density at radius 1 is 1.16 bits per heavy atom. The molecule has 1 saturated carbocycles. The van der Waals surface area contributed by atoms with Gasteiger partial charge in [-0.3, -0.25) is 9.59 Å². The Morgan fingerprint density at radius 3 is 2.53 bits per heavy atom. The van der Waals surface area contributed by atoms with E-state index >= 15 is 0 Å². The molecule has 0 radical (unpaired) electrons. The van der Waals surface area contributed by atoms with E-state index in [4.69, 9.17) is 0 Å². The molecule has 0 bridgehead atoms. The van der Waals surface area contributed by atoms with Crippen LogP contribution in [0.25, 0.3) is 0 Å². The molecule has 1 aliphatic carbocycles. The second-order valence-corrected chi connectivity index (χ2v) is 5.31. The zero-order valence-corrected chi connectivity index (χ0v) is 10.9. The van der Waals surface area contributed by atoms with E-state index in [1.807, 2.05) is 29.2 Å². The molecule has 1 N–H and O–H groups in total. The molecule has 3 rings (SSSR count). The number of rotatable bonds is 3. The highest BCUT2D eigenvalue weighted by molar-refractivity contribution is 5.96. The Morgan fingerprint density at radius 2 is 1.89 bits per heavy atom. The van der Waals surface area contributed by atoms with Gasteiger partial charge in [-0.1, -0.05) is 0 Å². The standard InChI is InChI=1S/C15H18N2O2/c18-14-3-1-2-10-17(14)13-8-6-12(7-9-13)16-15(19)11-4-5-11/h6-9,11H,1-5,10H2,(H,16,19). The van der Waals surface area contributed by atoms with Crippen molar-refractivity contribution in [2.75, 3.05) is 16.8 Å². The van der Waals surface area contributed by atoms with Crippen molar-refractivity contribution in [1.29, 1.82) is 0 Å². The van der Waals surface area contributed by atoms with Crippen molar-refractivity contribution in [2.24, 2.45) is 5.92 Å². The van der Waals surface area contributed by atoms with E-state index in [-0.39, 0.29) is 17.7 Å². The minimum atomic E-state index is 0.113. The molecule has 2 fully saturated rings. The van der Waals surface area contributed by atoms with Gasteiger partial charge in [-0.25, -0.2) is 0 Å². The van der Waals surface area contributed by atoms with Gasteiger partial charge in [0.1, 0.15) is 0 Å². The Balaban J connectivity index is 1.67. The van der Waals surface area contributed by atoms with E-state index in [1.165, 1.54) is 0 Å². The first-order valence-corrected chi connectivity index (χ1v) is 6.95. The average molecular weight is 258 g/mol. The lowest BCUT2D eigenvalue weighted by Gasteiger charge is -2.26. The van der Waals surface area contributed by atoms with Gasteiger partial charge in [-0.2, -0.15) is 0 Å². The summed E-state index contributed by atoms with van der Waals surface area (Å²) in [6.45, 7) is 0.798. The number of nitrogens with one attached hydrogen (secondary N) is 1. The lowest BCUT2D eigenvalue weighted by molar-refractivity contribution is -0.119. The van der Waals surface area contributed by atoms with Gasteiger partial charge in [0.05, 0.1) is 0 Å². The van der Waals surface area contributed by atoms with Gasteiger partial charge in [0, 0.05) is 30.3 Å². The van der Waals surface area contributed by atoms with Crippen LogP contribution < -0.4 is 10.2 Å². The normalized spacial score (nSPS) is 19.4. The first-order valence-electron chi connectivity index (χ1n) is 6.95. The van der Waals surface area contributed by atoms with Crippen LogP contribution in [0.5, 0.6) is 0 Å². The van der Waals surface area contributed by atoms with E-state index in [9.17, 15) is 9.59 Å². The molecule has 1 aliphatic heterocycles. The Hall–Kier alpha value is -1.84. The van der Waals surface area contributed by atoms with Crippen molar-refractivity contribution in [2.45, 2.75) is 32.1 Å². The Labute approximate surface area is 112 Å². The second kappa shape index (κ2) is 5.03. The summed E-state index contributed by atoms with van der Waals surface area (Å²) in [4.78, 5) is 25.3. The van der Waals surface area contributed by atoms with Gasteiger partial charge < -0.3 is 10.2 Å². The Bertz CT molecular complexity index is 491. The summed E-state index contributed by atoms with van der Waals surface area (Å²) in [7, 11) is 0. The third-order valence-corrected chi connectivity index (χ3v) is 3.72. The number of anilines is 2. The van der Waals surface area contributed by atoms with E-state index in [0.29, 0.717) is 6.42 Å². The number of carbonyl (C=O) groups is 2. The van der Waals surface area contributed by atoms with Gasteiger partial charge in [0.2, 0.25) is 11.8 Å². The topological polar surface area (TPSA) is 49.4 Å². The lowest BCUT2D eigenvalue weighted by Crippen LogP contribution is -2.35. The molecule has 0 atom stereocenters. The molecule has 1 saturated heterocycles. The fourth-order valence-corrected chi connectivity index (χ4v) is 2.39. The molecule has 2 amide bonds. The van der Waals surface area contributed by atoms with E-state index in [1.54, 1.807) is 0 Å². The minimum absolute atomic E-state index is 0.113. The molecule has 0 unspecified atom stereocenters. The third kappa shape index (κ3) is 2.78. The van der Waals surface area contributed by atoms with Crippen LogP contribution in [0, 0.1) is 5.92 Å². The van der Waals surface area contributed by atoms with Crippen molar-refractivity contribution in [3.8, 4) is 0 Å². The SMILES string of the molecule is O=C(Nc1ccc(N2CCCCC2=O)cc1)C1CC1. The zero-order valence-electron chi connectivity index (χ0n) is 10.9. The molecule has 19 heavy (non-hydrogen) atoms. The highest BCUT2D eigenvalue weighted by atomic mass is 16.2. The predicted octanol–water partition coefficient (Wildman–Crippen LogP) is 2.55. The van der Waals surface area contributed by atoms with Gasteiger partial charge >= 0.3 is 0 Å². The van der Waals surface area contributed by atoms with E-state index in [2.05, 4.69) is 5.32 Å². The van der Waals surface area contributed by atoms with Crippen molar-refractivity contribution in [1.82, 2.24) is 0 Å². The number of benzene rings is 1. The van der Waals surface area contributed by atoms with Crippen LogP contribution in [0.4, 0.5) is 11.4 Å². The molecule has 100 valence electrons. The maximum Gasteiger partial charge on any atom is 0.227 e. The maximum atomic E-state index is 11.8. The quantitative estimate of drug-likeness (QED) is 0.905. The fourth-order valence-electron chi connectivity index (χ4n) is 2.39. The highest BCUT2D eigenvalue weighted by Crippen LogP contribution is 2.30. The zero-order chi connectivity index (χ0) is 13.2. The molecule has 1 heterocycles. The number of carbonyl (C=O) groups excluding carboxylic acids is 2. The third-order valence-electron chi connectivity index (χ3n) is 3.72. The maximum absolute atomic E-state index is 11.8. The van der Waals surface area contributed by atoms with Crippen LogP contribution in [0.1, 0.15) is 32.1 Å². The molecule has 1 aromatic rings. The number of hydrogen-bond acceptors (Lipinski definition) is 2. The molecule has 0 aromatic heterocycles. The van der Waals surface area contributed by atoms with Gasteiger partial charge in [-0.15, -0.1) is 0 Å². The first-order chi connectivity index (χ1) is 9.24. The number of piperidine rings is 1. The van der Waals surface area contributed by atoms with Gasteiger partial charge in [0.15, 0.2) is 0 Å². The van der Waals surface area contributed by atoms with Crippen molar-refractivity contribution < 1.29 is 9.59 Å². The fraction of sp³-hybridized carbons (Fsp3) is 0.467. The summed E-state index contributed by atoms with van der Waals surface area (Å²) in [5.74, 6) is 0.520. The Kier molecular flexibility index (Phi) is 3.23. The van der Waals surface area contributed by atoms with Crippen LogP contribution in [0.3, 0.4) is 0 Å². The second-order valence-electron chi connectivity index (χ2n) is 5.31. The summed E-state index contributed by atoms with van der Waals surface area (Å²) in [6, 6.07) is 7.56. The first kappa shape index (κ1) is 12.2. The van der Waals surface area contributed by atoms with Gasteiger partial charge in [0.25, 0.3) is 0 Å². The molecule has 4 heteroatoms. The smallest absolute Gasteiger partial charge is 0.227 e. The summed E-state index contributed by atoms with van der Waals surface area (Å²) < 4.78 is 0. The number of amides is 2. The lowest BCUT2D eigenvalue weighted by atomic mass is 10.1. The number of nitrogens with zero attached hydrogens (tertiary/aromatic N) is 1. The molecule has 4 nitrogen and oxygen atoms in total. The van der Waals surface area contributed by atoms with Crippen LogP contribution in [0.2, 0.25) is 0 Å². The van der Waals surface area contributed by atoms with E-state index < -0.39 is 0 Å². The average Bonchev–Trinajstić information content (AvgIpc) is 3.25. The summed E-state index contributed by atoms with van der Waals surface area (Å²) in [5.41, 5.74) is 1.74. The van der Waals surface area contributed by atoms with E-state index in [0.717, 1.165) is 43.6 Å². The monoisotopic (exact) mass is 258 g/mol. The number of hydrogen-bond donors (Lipinski definition) is 1. The van der Waals surface area contributed by atoms with Crippen molar-refractivity contribution in [3.63, 3.8) is 0 Å². The van der Waals surface area contributed by atoms with Crippen LogP contribution >= 0.6 is 0 Å². The minimum Gasteiger partial charge on any atom is -0.326 e. The predicted molar refractivity (Wildman–Crippen MR) is 74.0 cm³/mol. The highest BCUT2D eigenvalue weighted by Gasteiger charge is 2.29. The van der Waals surface area contributed by atoms with Gasteiger partial charge in [-0.05, 0) is 49.9 Å². The van der Waals surface area contributed by atoms with Crippen molar-refractivity contribution >= 4 is 23.2 Å². The summed E-state index contributed by atoms with van der Waals surface area (Å²) in [6.07, 6.45) is 4.70. The molecular weight excluding hydrogens is 240 g/mol.